The van der Waals surface area contributed by atoms with Gasteiger partial charge in [0.25, 0.3) is 0 Å². The van der Waals surface area contributed by atoms with Gasteiger partial charge in [0, 0.05) is 14.9 Å². The van der Waals surface area contributed by atoms with E-state index in [4.69, 9.17) is 4.74 Å². The summed E-state index contributed by atoms with van der Waals surface area (Å²) in [4.78, 5) is 22.3. The molecule has 25 heavy (non-hydrogen) atoms. The molecule has 5 nitrogen and oxygen atoms in total. The van der Waals surface area contributed by atoms with Gasteiger partial charge in [-0.2, -0.15) is 0 Å². The molecule has 7 heteroatoms. The molecule has 3 rings (SSSR count). The topological polar surface area (TPSA) is 58.2 Å². The van der Waals surface area contributed by atoms with E-state index < -0.39 is 5.60 Å². The number of alkyl halides is 1. The zero-order valence-corrected chi connectivity index (χ0v) is 18.2. The molecule has 1 aromatic heterocycles. The minimum absolute atomic E-state index is 0.0825. The highest BCUT2D eigenvalue weighted by molar-refractivity contribution is 14.1. The van der Waals surface area contributed by atoms with Crippen molar-refractivity contribution in [2.75, 3.05) is 6.54 Å². The van der Waals surface area contributed by atoms with Crippen molar-refractivity contribution in [2.24, 2.45) is 0 Å². The van der Waals surface area contributed by atoms with Gasteiger partial charge in [0.1, 0.15) is 11.4 Å². The Morgan fingerprint density at radius 3 is 2.68 bits per heavy atom. The number of aromatic nitrogens is 2. The number of hydrogen-bond donors (Lipinski definition) is 1. The van der Waals surface area contributed by atoms with Gasteiger partial charge in [0.2, 0.25) is 0 Å². The standard InChI is InChI=1S/C18H21BrIN3O2/c1-18(2,3)25-17(24)23-10-13(20)8-15(23)16-21-9-14(22-16)11-4-6-12(19)7-5-11/h4-7,9,13,15H,8,10H2,1-3H3,(H,21,22)/t13-,15-/m0/s1. The highest BCUT2D eigenvalue weighted by Crippen LogP contribution is 2.36. The summed E-state index contributed by atoms with van der Waals surface area (Å²) in [6.45, 7) is 6.33. The number of carbonyl (C=O) groups is 1. The third-order valence-corrected chi connectivity index (χ3v) is 5.38. The van der Waals surface area contributed by atoms with Crippen LogP contribution in [0.15, 0.2) is 34.9 Å². The molecule has 1 aromatic carbocycles. The van der Waals surface area contributed by atoms with Crippen molar-refractivity contribution < 1.29 is 9.53 Å². The van der Waals surface area contributed by atoms with Crippen LogP contribution in [0.5, 0.6) is 0 Å². The number of amides is 1. The lowest BCUT2D eigenvalue weighted by molar-refractivity contribution is 0.0219. The molecule has 1 saturated heterocycles. The maximum Gasteiger partial charge on any atom is 0.410 e. The van der Waals surface area contributed by atoms with Crippen LogP contribution in [0.2, 0.25) is 0 Å². The second-order valence-electron chi connectivity index (χ2n) is 7.17. The number of nitrogens with zero attached hydrogens (tertiary/aromatic N) is 2. The number of imidazole rings is 1. The lowest BCUT2D eigenvalue weighted by Crippen LogP contribution is -2.37. The zero-order valence-electron chi connectivity index (χ0n) is 14.4. The molecule has 0 unspecified atom stereocenters. The molecule has 0 spiro atoms. The number of nitrogens with one attached hydrogen (secondary N) is 1. The van der Waals surface area contributed by atoms with E-state index in [9.17, 15) is 4.79 Å². The lowest BCUT2D eigenvalue weighted by Gasteiger charge is -2.27. The molecular formula is C18H21BrIN3O2. The third kappa shape index (κ3) is 4.55. The van der Waals surface area contributed by atoms with Crippen molar-refractivity contribution in [2.45, 2.75) is 42.8 Å². The van der Waals surface area contributed by atoms with Gasteiger partial charge in [-0.15, -0.1) is 0 Å². The molecule has 2 atom stereocenters. The fourth-order valence-corrected chi connectivity index (χ4v) is 4.02. The van der Waals surface area contributed by atoms with E-state index in [2.05, 4.69) is 48.5 Å². The van der Waals surface area contributed by atoms with Crippen molar-refractivity contribution in [3.63, 3.8) is 0 Å². The van der Waals surface area contributed by atoms with Crippen LogP contribution >= 0.6 is 38.5 Å². The number of hydrogen-bond acceptors (Lipinski definition) is 3. The summed E-state index contributed by atoms with van der Waals surface area (Å²) in [5.74, 6) is 0.808. The quantitative estimate of drug-likeness (QED) is 0.433. The summed E-state index contributed by atoms with van der Waals surface area (Å²) >= 11 is 5.83. The van der Waals surface area contributed by atoms with Gasteiger partial charge in [-0.3, -0.25) is 4.90 Å². The molecule has 1 aliphatic heterocycles. The van der Waals surface area contributed by atoms with Gasteiger partial charge in [-0.05, 0) is 44.9 Å². The highest BCUT2D eigenvalue weighted by atomic mass is 127. The number of halogens is 2. The number of benzene rings is 1. The number of likely N-dealkylation sites (tertiary alicyclic amines) is 1. The molecule has 0 radical (unpaired) electrons. The van der Waals surface area contributed by atoms with Crippen LogP contribution in [-0.4, -0.2) is 37.0 Å². The predicted octanol–water partition coefficient (Wildman–Crippen LogP) is 5.32. The Balaban J connectivity index is 1.82. The highest BCUT2D eigenvalue weighted by Gasteiger charge is 2.38. The molecule has 134 valence electrons. The lowest BCUT2D eigenvalue weighted by atomic mass is 10.2. The maximum absolute atomic E-state index is 12.6. The first-order valence-corrected chi connectivity index (χ1v) is 10.2. The van der Waals surface area contributed by atoms with Gasteiger partial charge in [0.15, 0.2) is 0 Å². The average Bonchev–Trinajstić information content (AvgIpc) is 3.12. The molecule has 1 N–H and O–H groups in total. The third-order valence-electron chi connectivity index (χ3n) is 3.94. The predicted molar refractivity (Wildman–Crippen MR) is 110 cm³/mol. The average molecular weight is 518 g/mol. The zero-order chi connectivity index (χ0) is 18.2. The van der Waals surface area contributed by atoms with Crippen molar-refractivity contribution in [3.05, 3.63) is 40.8 Å². The summed E-state index contributed by atoms with van der Waals surface area (Å²) in [5, 5.41) is 0. The van der Waals surface area contributed by atoms with E-state index in [0.717, 1.165) is 28.0 Å². The molecular weight excluding hydrogens is 497 g/mol. The Bertz CT molecular complexity index is 754. The van der Waals surface area contributed by atoms with Gasteiger partial charge < -0.3 is 9.72 Å². The van der Waals surface area contributed by atoms with Crippen molar-refractivity contribution in [3.8, 4) is 11.3 Å². The van der Waals surface area contributed by atoms with Gasteiger partial charge >= 0.3 is 6.09 Å². The molecule has 1 amide bonds. The minimum Gasteiger partial charge on any atom is -0.444 e. The van der Waals surface area contributed by atoms with Gasteiger partial charge in [-0.25, -0.2) is 9.78 Å². The Kier molecular flexibility index (Phi) is 5.43. The molecule has 1 aliphatic rings. The first-order chi connectivity index (χ1) is 11.7. The fraction of sp³-hybridized carbons (Fsp3) is 0.444. The first kappa shape index (κ1) is 18.7. The fourth-order valence-electron chi connectivity index (χ4n) is 2.85. The Morgan fingerprint density at radius 2 is 2.04 bits per heavy atom. The molecule has 0 saturated carbocycles. The van der Waals surface area contributed by atoms with Crippen LogP contribution in [0.25, 0.3) is 11.3 Å². The van der Waals surface area contributed by atoms with Gasteiger partial charge in [0.05, 0.1) is 17.9 Å². The number of ether oxygens (including phenoxy) is 1. The minimum atomic E-state index is -0.503. The van der Waals surface area contributed by atoms with E-state index in [1.807, 2.05) is 51.2 Å². The summed E-state index contributed by atoms with van der Waals surface area (Å²) in [6, 6.07) is 7.98. The molecule has 2 heterocycles. The summed E-state index contributed by atoms with van der Waals surface area (Å²) in [7, 11) is 0. The maximum atomic E-state index is 12.6. The molecule has 0 aliphatic carbocycles. The van der Waals surface area contributed by atoms with Crippen LogP contribution < -0.4 is 0 Å². The molecule has 1 fully saturated rings. The van der Waals surface area contributed by atoms with Crippen LogP contribution in [0, 0.1) is 0 Å². The van der Waals surface area contributed by atoms with E-state index in [1.54, 1.807) is 4.90 Å². The Labute approximate surface area is 169 Å². The summed E-state index contributed by atoms with van der Waals surface area (Å²) < 4.78 is 6.99. The summed E-state index contributed by atoms with van der Waals surface area (Å²) in [6.07, 6.45) is 2.41. The van der Waals surface area contributed by atoms with Crippen LogP contribution in [0.4, 0.5) is 4.79 Å². The number of H-pyrrole nitrogens is 1. The normalized spacial score (nSPS) is 20.8. The first-order valence-electron chi connectivity index (χ1n) is 8.17. The van der Waals surface area contributed by atoms with Crippen LogP contribution in [0.1, 0.15) is 39.1 Å². The largest absolute Gasteiger partial charge is 0.444 e. The monoisotopic (exact) mass is 517 g/mol. The van der Waals surface area contributed by atoms with E-state index in [1.165, 1.54) is 0 Å². The van der Waals surface area contributed by atoms with Crippen molar-refractivity contribution >= 4 is 44.6 Å². The summed E-state index contributed by atoms with van der Waals surface area (Å²) in [5.41, 5.74) is 1.51. The molecule has 0 bridgehead atoms. The number of aromatic amines is 1. The van der Waals surface area contributed by atoms with E-state index >= 15 is 0 Å². The number of rotatable bonds is 2. The second kappa shape index (κ2) is 7.26. The Morgan fingerprint density at radius 1 is 1.36 bits per heavy atom. The van der Waals surface area contributed by atoms with Crippen LogP contribution in [0.3, 0.4) is 0 Å². The molecule has 2 aromatic rings. The van der Waals surface area contributed by atoms with E-state index in [-0.39, 0.29) is 12.1 Å². The second-order valence-corrected chi connectivity index (χ2v) is 9.85. The smallest absolute Gasteiger partial charge is 0.410 e. The van der Waals surface area contributed by atoms with Gasteiger partial charge in [-0.1, -0.05) is 50.7 Å². The SMILES string of the molecule is CC(C)(C)OC(=O)N1C[C@@H](I)C[C@H]1c1ncc(-c2ccc(Br)cc2)[nH]1. The van der Waals surface area contributed by atoms with Crippen LogP contribution in [-0.2, 0) is 4.74 Å². The Hall–Kier alpha value is -1.09. The van der Waals surface area contributed by atoms with Crippen molar-refractivity contribution in [1.82, 2.24) is 14.9 Å². The van der Waals surface area contributed by atoms with E-state index in [0.29, 0.717) is 10.5 Å². The number of carbonyl (C=O) groups excluding carboxylic acids is 1. The van der Waals surface area contributed by atoms with Crippen molar-refractivity contribution in [1.29, 1.82) is 0 Å².